The van der Waals surface area contributed by atoms with Crippen molar-refractivity contribution in [3.8, 4) is 0 Å². The molecule has 0 aromatic carbocycles. The number of imidazole rings is 1. The van der Waals surface area contributed by atoms with Crippen LogP contribution in [0.15, 0.2) is 18.7 Å². The number of nitrogens with zero attached hydrogens (tertiary/aromatic N) is 2. The van der Waals surface area contributed by atoms with E-state index in [-0.39, 0.29) is 5.48 Å². The molecular formula is C8H18N4O. The number of hydrogen-bond acceptors (Lipinski definition) is 3. The highest BCUT2D eigenvalue weighted by atomic mass is 16.0. The van der Waals surface area contributed by atoms with Crippen LogP contribution in [0.25, 0.3) is 0 Å². The van der Waals surface area contributed by atoms with Gasteiger partial charge in [-0.05, 0) is 13.0 Å². The lowest BCUT2D eigenvalue weighted by atomic mass is 10.4. The maximum absolute atomic E-state index is 5.42. The maximum atomic E-state index is 5.42. The van der Waals surface area contributed by atoms with Gasteiger partial charge < -0.3 is 16.9 Å². The van der Waals surface area contributed by atoms with Crippen molar-refractivity contribution in [2.24, 2.45) is 11.5 Å². The smallest absolute Gasteiger partial charge is 0.243 e. The third kappa shape index (κ3) is 4.02. The molecule has 0 aliphatic carbocycles. The summed E-state index contributed by atoms with van der Waals surface area (Å²) in [7, 11) is 0. The van der Waals surface area contributed by atoms with E-state index in [1.54, 1.807) is 0 Å². The summed E-state index contributed by atoms with van der Waals surface area (Å²) in [6.07, 6.45) is 7.16. The van der Waals surface area contributed by atoms with Crippen molar-refractivity contribution in [2.75, 3.05) is 13.1 Å². The molecule has 1 heterocycles. The molecule has 5 heteroatoms. The summed E-state index contributed by atoms with van der Waals surface area (Å²) in [5.41, 5.74) is 10.8. The van der Waals surface area contributed by atoms with Crippen LogP contribution in [0.5, 0.6) is 0 Å². The predicted molar refractivity (Wildman–Crippen MR) is 49.3 cm³/mol. The van der Waals surface area contributed by atoms with E-state index in [0.29, 0.717) is 6.54 Å². The molecule has 0 aliphatic heterocycles. The third-order valence-electron chi connectivity index (χ3n) is 1.75. The van der Waals surface area contributed by atoms with E-state index in [1.807, 2.05) is 12.4 Å². The van der Waals surface area contributed by atoms with Crippen molar-refractivity contribution in [3.05, 3.63) is 18.7 Å². The zero-order chi connectivity index (χ0) is 8.81. The molecule has 13 heavy (non-hydrogen) atoms. The lowest BCUT2D eigenvalue weighted by molar-refractivity contribution is -0.696. The summed E-state index contributed by atoms with van der Waals surface area (Å²) < 4.78 is 4.21. The Morgan fingerprint density at radius 1 is 1.23 bits per heavy atom. The largest absolute Gasteiger partial charge is 0.870 e. The molecule has 5 N–H and O–H groups in total. The van der Waals surface area contributed by atoms with Gasteiger partial charge in [-0.2, -0.15) is 0 Å². The van der Waals surface area contributed by atoms with Crippen molar-refractivity contribution >= 4 is 0 Å². The van der Waals surface area contributed by atoms with E-state index >= 15 is 0 Å². The Kier molecular flexibility index (Phi) is 6.13. The fourth-order valence-electron chi connectivity index (χ4n) is 1.13. The molecule has 0 spiro atoms. The van der Waals surface area contributed by atoms with E-state index in [4.69, 9.17) is 11.5 Å². The van der Waals surface area contributed by atoms with E-state index in [9.17, 15) is 0 Å². The molecule has 0 atom stereocenters. The number of hydrogen-bond donors (Lipinski definition) is 2. The van der Waals surface area contributed by atoms with E-state index in [1.165, 1.54) is 0 Å². The van der Waals surface area contributed by atoms with Gasteiger partial charge in [0, 0.05) is 6.54 Å². The molecule has 1 aromatic heterocycles. The second-order valence-electron chi connectivity index (χ2n) is 2.82. The maximum Gasteiger partial charge on any atom is 0.243 e. The van der Waals surface area contributed by atoms with Crippen LogP contribution in [0.2, 0.25) is 0 Å². The molecule has 0 aliphatic rings. The third-order valence-corrected chi connectivity index (χ3v) is 1.75. The van der Waals surface area contributed by atoms with Gasteiger partial charge in [0.25, 0.3) is 0 Å². The first-order valence-corrected chi connectivity index (χ1v) is 4.32. The van der Waals surface area contributed by atoms with Gasteiger partial charge in [0.15, 0.2) is 0 Å². The van der Waals surface area contributed by atoms with Gasteiger partial charge in [-0.1, -0.05) is 0 Å². The Hall–Kier alpha value is -0.910. The number of nitrogens with two attached hydrogens (primary N) is 2. The highest BCUT2D eigenvalue weighted by Crippen LogP contribution is 1.83. The molecule has 1 aromatic rings. The zero-order valence-corrected chi connectivity index (χ0v) is 7.76. The highest BCUT2D eigenvalue weighted by molar-refractivity contribution is 4.66. The molecule has 0 bridgehead atoms. The van der Waals surface area contributed by atoms with Crippen LogP contribution >= 0.6 is 0 Å². The Balaban J connectivity index is 0.00000144. The highest BCUT2D eigenvalue weighted by Gasteiger charge is 2.00. The van der Waals surface area contributed by atoms with Crippen LogP contribution in [-0.4, -0.2) is 23.1 Å². The average Bonchev–Trinajstić information content (AvgIpc) is 2.50. The summed E-state index contributed by atoms with van der Waals surface area (Å²) in [6, 6.07) is 0. The first-order valence-electron chi connectivity index (χ1n) is 4.32. The predicted octanol–water partition coefficient (Wildman–Crippen LogP) is -1.09. The molecule has 5 nitrogen and oxygen atoms in total. The Morgan fingerprint density at radius 2 is 2.00 bits per heavy atom. The second-order valence-corrected chi connectivity index (χ2v) is 2.82. The monoisotopic (exact) mass is 186 g/mol. The second kappa shape index (κ2) is 6.59. The van der Waals surface area contributed by atoms with Gasteiger partial charge in [0.2, 0.25) is 6.33 Å². The minimum absolute atomic E-state index is 0. The Labute approximate surface area is 78.3 Å². The Morgan fingerprint density at radius 3 is 2.62 bits per heavy atom. The summed E-state index contributed by atoms with van der Waals surface area (Å²) in [6.45, 7) is 3.31. The van der Waals surface area contributed by atoms with Crippen molar-refractivity contribution < 1.29 is 10.0 Å². The molecule has 1 rings (SSSR count). The average molecular weight is 186 g/mol. The van der Waals surface area contributed by atoms with Crippen LogP contribution in [0.3, 0.4) is 0 Å². The number of aromatic nitrogens is 2. The van der Waals surface area contributed by atoms with Crippen molar-refractivity contribution in [2.45, 2.75) is 19.5 Å². The molecule has 0 unspecified atom stereocenters. The van der Waals surface area contributed by atoms with Crippen LogP contribution in [0, 0.1) is 0 Å². The van der Waals surface area contributed by atoms with Gasteiger partial charge in [-0.15, -0.1) is 0 Å². The van der Waals surface area contributed by atoms with Gasteiger partial charge in [0.05, 0.1) is 6.54 Å². The van der Waals surface area contributed by atoms with Gasteiger partial charge in [-0.25, -0.2) is 9.13 Å². The SMILES string of the molecule is NCCC[n+]1ccn(CCN)c1.[OH-]. The van der Waals surface area contributed by atoms with Gasteiger partial charge >= 0.3 is 0 Å². The number of rotatable bonds is 5. The molecule has 0 saturated heterocycles. The van der Waals surface area contributed by atoms with E-state index in [2.05, 4.69) is 15.5 Å². The molecule has 76 valence electrons. The normalized spacial score (nSPS) is 9.69. The van der Waals surface area contributed by atoms with Crippen molar-refractivity contribution in [3.63, 3.8) is 0 Å². The van der Waals surface area contributed by atoms with Crippen LogP contribution in [0.1, 0.15) is 6.42 Å². The van der Waals surface area contributed by atoms with Gasteiger partial charge in [0.1, 0.15) is 18.9 Å². The summed E-state index contributed by atoms with van der Waals surface area (Å²) >= 11 is 0. The molecule has 0 radical (unpaired) electrons. The first-order chi connectivity index (χ1) is 5.86. The minimum Gasteiger partial charge on any atom is -0.870 e. The quantitative estimate of drug-likeness (QED) is 0.572. The molecule has 0 fully saturated rings. The molecular weight excluding hydrogens is 168 g/mol. The fraction of sp³-hybridized carbons (Fsp3) is 0.625. The lowest BCUT2D eigenvalue weighted by Gasteiger charge is -1.92. The van der Waals surface area contributed by atoms with E-state index in [0.717, 1.165) is 26.1 Å². The summed E-state index contributed by atoms with van der Waals surface area (Å²) in [4.78, 5) is 0. The summed E-state index contributed by atoms with van der Waals surface area (Å²) in [5.74, 6) is 0. The van der Waals surface area contributed by atoms with Crippen LogP contribution in [0.4, 0.5) is 0 Å². The first kappa shape index (κ1) is 12.1. The fourth-order valence-corrected chi connectivity index (χ4v) is 1.13. The van der Waals surface area contributed by atoms with Crippen molar-refractivity contribution in [1.29, 1.82) is 0 Å². The summed E-state index contributed by atoms with van der Waals surface area (Å²) in [5, 5.41) is 0. The van der Waals surface area contributed by atoms with Crippen LogP contribution < -0.4 is 16.0 Å². The Bertz CT molecular complexity index is 224. The van der Waals surface area contributed by atoms with E-state index < -0.39 is 0 Å². The lowest BCUT2D eigenvalue weighted by Crippen LogP contribution is -2.32. The number of aryl methyl sites for hydroxylation is 1. The minimum atomic E-state index is 0. The molecule has 0 amide bonds. The zero-order valence-electron chi connectivity index (χ0n) is 7.76. The standard InChI is InChI=1S/C8H17N4.H2O/c9-2-1-4-11-6-7-12(8-11)5-3-10;/h6-8H,1-5,9-10H2;1H2/q+1;/p-1. The van der Waals surface area contributed by atoms with Crippen LogP contribution in [-0.2, 0) is 13.1 Å². The topological polar surface area (TPSA) is 90.8 Å². The van der Waals surface area contributed by atoms with Gasteiger partial charge in [-0.3, -0.25) is 0 Å². The molecule has 0 saturated carbocycles. The van der Waals surface area contributed by atoms with Crippen molar-refractivity contribution in [1.82, 2.24) is 4.57 Å².